The average Bonchev–Trinajstić information content (AvgIpc) is 2.67. The number of esters is 1. The normalized spacial score (nSPS) is 11.5. The van der Waals surface area contributed by atoms with Gasteiger partial charge in [-0.1, -0.05) is 6.92 Å². The van der Waals surface area contributed by atoms with Gasteiger partial charge in [-0.3, -0.25) is 24.7 Å². The van der Waals surface area contributed by atoms with Gasteiger partial charge in [0.05, 0.1) is 18.0 Å². The van der Waals surface area contributed by atoms with Crippen LogP contribution >= 0.6 is 0 Å². The number of carbonyl (C=O) groups excluding carboxylic acids is 2. The Morgan fingerprint density at radius 2 is 1.81 bits per heavy atom. The monoisotopic (exact) mass is 357 g/mol. The molecule has 1 aromatic carbocycles. The van der Waals surface area contributed by atoms with E-state index >= 15 is 0 Å². The fourth-order valence-corrected chi connectivity index (χ4v) is 2.44. The van der Waals surface area contributed by atoms with Crippen molar-refractivity contribution in [2.75, 3.05) is 13.7 Å². The number of amides is 1. The highest BCUT2D eigenvalue weighted by Crippen LogP contribution is 2.16. The Morgan fingerprint density at radius 3 is 2.35 bits per heavy atom. The van der Waals surface area contributed by atoms with Crippen LogP contribution in [0.5, 0.6) is 0 Å². The molecule has 0 aliphatic carbocycles. The lowest BCUT2D eigenvalue weighted by Crippen LogP contribution is -2.36. The lowest BCUT2D eigenvalue weighted by molar-refractivity contribution is -0.384. The third-order valence-corrected chi connectivity index (χ3v) is 3.83. The summed E-state index contributed by atoms with van der Waals surface area (Å²) in [6, 6.07) is 8.92. The van der Waals surface area contributed by atoms with Crippen molar-refractivity contribution >= 4 is 17.6 Å². The standard InChI is InChI=1S/C18H19N3O5/c1-13(18(23)26-2)11-20(12-14-7-9-19-10-8-14)17(22)15-3-5-16(6-4-15)21(24)25/h3-10,13H,11-12H2,1-2H3. The Morgan fingerprint density at radius 1 is 1.19 bits per heavy atom. The second-order valence-corrected chi connectivity index (χ2v) is 5.77. The molecule has 0 aliphatic rings. The topological polar surface area (TPSA) is 103 Å². The van der Waals surface area contributed by atoms with Gasteiger partial charge in [-0.2, -0.15) is 0 Å². The van der Waals surface area contributed by atoms with E-state index in [1.165, 1.54) is 36.3 Å². The molecule has 136 valence electrons. The molecule has 2 rings (SSSR count). The van der Waals surface area contributed by atoms with Crippen LogP contribution in [0.2, 0.25) is 0 Å². The molecule has 0 N–H and O–H groups in total. The van der Waals surface area contributed by atoms with E-state index in [0.29, 0.717) is 5.56 Å². The number of hydrogen-bond donors (Lipinski definition) is 0. The minimum absolute atomic E-state index is 0.0924. The van der Waals surface area contributed by atoms with Crippen molar-refractivity contribution in [3.8, 4) is 0 Å². The lowest BCUT2D eigenvalue weighted by Gasteiger charge is -2.25. The lowest BCUT2D eigenvalue weighted by atomic mass is 10.1. The van der Waals surface area contributed by atoms with Crippen LogP contribution in [0.3, 0.4) is 0 Å². The van der Waals surface area contributed by atoms with E-state index in [0.717, 1.165) is 5.56 Å². The molecule has 1 atom stereocenters. The Balaban J connectivity index is 2.24. The molecule has 8 nitrogen and oxygen atoms in total. The van der Waals surface area contributed by atoms with Crippen LogP contribution in [0.1, 0.15) is 22.8 Å². The molecule has 0 radical (unpaired) electrons. The number of nitro benzene ring substituents is 1. The van der Waals surface area contributed by atoms with Gasteiger partial charge in [-0.25, -0.2) is 0 Å². The molecule has 0 aliphatic heterocycles. The zero-order chi connectivity index (χ0) is 19.1. The molecule has 8 heteroatoms. The second kappa shape index (κ2) is 8.70. The molecule has 1 heterocycles. The van der Waals surface area contributed by atoms with Crippen LogP contribution in [0.25, 0.3) is 0 Å². The third-order valence-electron chi connectivity index (χ3n) is 3.83. The number of benzene rings is 1. The van der Waals surface area contributed by atoms with E-state index in [1.807, 2.05) is 0 Å². The predicted molar refractivity (Wildman–Crippen MR) is 93.3 cm³/mol. The summed E-state index contributed by atoms with van der Waals surface area (Å²) in [5.41, 5.74) is 1.07. The Bertz CT molecular complexity index is 777. The first-order valence-corrected chi connectivity index (χ1v) is 7.93. The van der Waals surface area contributed by atoms with Gasteiger partial charge >= 0.3 is 5.97 Å². The SMILES string of the molecule is COC(=O)C(C)CN(Cc1ccncc1)C(=O)c1ccc([N+](=O)[O-])cc1. The summed E-state index contributed by atoms with van der Waals surface area (Å²) in [6.45, 7) is 2.11. The van der Waals surface area contributed by atoms with Crippen LogP contribution in [0, 0.1) is 16.0 Å². The summed E-state index contributed by atoms with van der Waals surface area (Å²) < 4.78 is 4.73. The van der Waals surface area contributed by atoms with Gasteiger partial charge < -0.3 is 9.64 Å². The number of nitro groups is 1. The number of aromatic nitrogens is 1. The van der Waals surface area contributed by atoms with Crippen LogP contribution in [-0.2, 0) is 16.1 Å². The summed E-state index contributed by atoms with van der Waals surface area (Å²) in [5, 5.41) is 10.8. The Labute approximate surface area is 150 Å². The molecule has 1 amide bonds. The number of nitrogens with zero attached hydrogens (tertiary/aromatic N) is 3. The Hall–Kier alpha value is -3.29. The molecule has 2 aromatic rings. The number of rotatable bonds is 7. The van der Waals surface area contributed by atoms with E-state index in [2.05, 4.69) is 4.98 Å². The van der Waals surface area contributed by atoms with E-state index in [9.17, 15) is 19.7 Å². The first kappa shape index (κ1) is 19.0. The number of methoxy groups -OCH3 is 1. The molecule has 0 saturated heterocycles. The largest absolute Gasteiger partial charge is 0.469 e. The fourth-order valence-electron chi connectivity index (χ4n) is 2.44. The molecule has 0 saturated carbocycles. The van der Waals surface area contributed by atoms with E-state index in [4.69, 9.17) is 4.74 Å². The number of carbonyl (C=O) groups is 2. The van der Waals surface area contributed by atoms with Crippen molar-refractivity contribution in [3.05, 3.63) is 70.0 Å². The third kappa shape index (κ3) is 4.85. The first-order valence-electron chi connectivity index (χ1n) is 7.93. The summed E-state index contributed by atoms with van der Waals surface area (Å²) in [4.78, 5) is 40.3. The predicted octanol–water partition coefficient (Wildman–Crippen LogP) is 2.44. The maximum absolute atomic E-state index is 12.9. The van der Waals surface area contributed by atoms with Crippen LogP contribution < -0.4 is 0 Å². The Kier molecular flexibility index (Phi) is 6.37. The highest BCUT2D eigenvalue weighted by Gasteiger charge is 2.23. The summed E-state index contributed by atoms with van der Waals surface area (Å²) >= 11 is 0. The number of pyridine rings is 1. The van der Waals surface area contributed by atoms with Crippen LogP contribution in [-0.4, -0.2) is 40.3 Å². The molecule has 1 unspecified atom stereocenters. The van der Waals surface area contributed by atoms with E-state index in [-0.39, 0.29) is 24.7 Å². The zero-order valence-electron chi connectivity index (χ0n) is 14.5. The average molecular weight is 357 g/mol. The minimum Gasteiger partial charge on any atom is -0.469 e. The highest BCUT2D eigenvalue weighted by atomic mass is 16.6. The van der Waals surface area contributed by atoms with E-state index < -0.39 is 16.8 Å². The van der Waals surface area contributed by atoms with Crippen molar-refractivity contribution in [1.29, 1.82) is 0 Å². The van der Waals surface area contributed by atoms with Gasteiger partial charge in [-0.05, 0) is 29.8 Å². The molecular formula is C18H19N3O5. The van der Waals surface area contributed by atoms with Gasteiger partial charge in [0.1, 0.15) is 0 Å². The molecular weight excluding hydrogens is 338 g/mol. The van der Waals surface area contributed by atoms with Crippen molar-refractivity contribution in [3.63, 3.8) is 0 Å². The van der Waals surface area contributed by atoms with Gasteiger partial charge in [0.15, 0.2) is 0 Å². The smallest absolute Gasteiger partial charge is 0.310 e. The van der Waals surface area contributed by atoms with Crippen molar-refractivity contribution in [2.24, 2.45) is 5.92 Å². The van der Waals surface area contributed by atoms with Crippen molar-refractivity contribution in [1.82, 2.24) is 9.88 Å². The van der Waals surface area contributed by atoms with Crippen LogP contribution in [0.15, 0.2) is 48.8 Å². The first-order chi connectivity index (χ1) is 12.4. The van der Waals surface area contributed by atoms with Gasteiger partial charge in [0.2, 0.25) is 0 Å². The molecule has 0 bridgehead atoms. The zero-order valence-corrected chi connectivity index (χ0v) is 14.5. The summed E-state index contributed by atoms with van der Waals surface area (Å²) in [6.07, 6.45) is 3.24. The highest BCUT2D eigenvalue weighted by molar-refractivity contribution is 5.94. The summed E-state index contributed by atoms with van der Waals surface area (Å²) in [7, 11) is 1.30. The number of hydrogen-bond acceptors (Lipinski definition) is 6. The van der Waals surface area contributed by atoms with Gasteiger partial charge in [0.25, 0.3) is 11.6 Å². The van der Waals surface area contributed by atoms with Gasteiger partial charge in [0, 0.05) is 43.2 Å². The summed E-state index contributed by atoms with van der Waals surface area (Å²) in [5.74, 6) is -1.25. The molecule has 1 aromatic heterocycles. The maximum atomic E-state index is 12.9. The van der Waals surface area contributed by atoms with Crippen LogP contribution in [0.4, 0.5) is 5.69 Å². The maximum Gasteiger partial charge on any atom is 0.310 e. The molecule has 0 fully saturated rings. The second-order valence-electron chi connectivity index (χ2n) is 5.77. The quantitative estimate of drug-likeness (QED) is 0.428. The van der Waals surface area contributed by atoms with Crippen molar-refractivity contribution < 1.29 is 19.2 Å². The minimum atomic E-state index is -0.525. The van der Waals surface area contributed by atoms with Gasteiger partial charge in [-0.15, -0.1) is 0 Å². The molecule has 0 spiro atoms. The molecule has 26 heavy (non-hydrogen) atoms. The van der Waals surface area contributed by atoms with E-state index in [1.54, 1.807) is 31.5 Å². The van der Waals surface area contributed by atoms with Crippen molar-refractivity contribution in [2.45, 2.75) is 13.5 Å². The number of non-ortho nitro benzene ring substituents is 1. The number of ether oxygens (including phenoxy) is 1. The fraction of sp³-hybridized carbons (Fsp3) is 0.278.